The Morgan fingerprint density at radius 3 is 1.82 bits per heavy atom. The Morgan fingerprint density at radius 2 is 1.13 bits per heavy atom. The molecule has 0 fully saturated rings. The Morgan fingerprint density at radius 1 is 0.579 bits per heavy atom. The van der Waals surface area contributed by atoms with Crippen molar-refractivity contribution in [1.29, 1.82) is 0 Å². The molecule has 4 nitrogen and oxygen atoms in total. The fourth-order valence-electron chi connectivity index (χ4n) is 6.99. The van der Waals surface area contributed by atoms with Crippen molar-refractivity contribution in [3.8, 4) is 0 Å². The van der Waals surface area contributed by atoms with Crippen LogP contribution in [0.3, 0.4) is 0 Å². The molecule has 7 rings (SSSR count). The minimum absolute atomic E-state index is 0.0310. The van der Waals surface area contributed by atoms with Crippen LogP contribution in [0.1, 0.15) is 91.8 Å². The van der Waals surface area contributed by atoms with E-state index < -0.39 is 0 Å². The Labute approximate surface area is 223 Å². The zero-order valence-electron chi connectivity index (χ0n) is 22.2. The molecule has 0 unspecified atom stereocenters. The van der Waals surface area contributed by atoms with Crippen LogP contribution < -0.4 is 10.2 Å². The van der Waals surface area contributed by atoms with Gasteiger partial charge in [0.15, 0.2) is 0 Å². The molecule has 5 aromatic carbocycles. The van der Waals surface area contributed by atoms with E-state index in [9.17, 15) is 9.59 Å². The zero-order chi connectivity index (χ0) is 25.8. The highest BCUT2D eigenvalue weighted by Crippen LogP contribution is 2.49. The summed E-state index contributed by atoms with van der Waals surface area (Å²) in [5, 5.41) is 12.0. The molecule has 0 aliphatic carbocycles. The summed E-state index contributed by atoms with van der Waals surface area (Å²) in [7, 11) is 0. The number of unbranched alkanes of at least 4 members (excludes halogenated alkanes) is 9. The van der Waals surface area contributed by atoms with Gasteiger partial charge in [0.2, 0.25) is 0 Å². The maximum absolute atomic E-state index is 13.5. The molecule has 0 aromatic heterocycles. The van der Waals surface area contributed by atoms with E-state index in [1.807, 2.05) is 23.1 Å². The van der Waals surface area contributed by atoms with Crippen molar-refractivity contribution in [3.05, 3.63) is 59.7 Å². The largest absolute Gasteiger partial charge is 0.321 e. The summed E-state index contributed by atoms with van der Waals surface area (Å²) < 4.78 is 0. The Hall–Kier alpha value is -3.66. The van der Waals surface area contributed by atoms with Gasteiger partial charge in [0, 0.05) is 44.9 Å². The number of carbonyl (C=O) groups is 2. The normalized spacial score (nSPS) is 14.3. The molecule has 192 valence electrons. The van der Waals surface area contributed by atoms with Crippen LogP contribution in [0.4, 0.5) is 11.4 Å². The lowest BCUT2D eigenvalue weighted by Gasteiger charge is -2.19. The Balaban J connectivity index is 1.18. The number of hydrogen-bond donors (Lipinski definition) is 1. The van der Waals surface area contributed by atoms with Crippen LogP contribution >= 0.6 is 0 Å². The van der Waals surface area contributed by atoms with Gasteiger partial charge in [0.05, 0.1) is 5.69 Å². The SMILES string of the molecule is CCCCCCCCCCCCN1C(=O)c2ccc3c4ccc5c6c(ccc(c7ccc1c2c37)c64)C(=O)N5. The van der Waals surface area contributed by atoms with Crippen molar-refractivity contribution < 1.29 is 9.59 Å². The van der Waals surface area contributed by atoms with Crippen LogP contribution in [0.5, 0.6) is 0 Å². The first-order valence-corrected chi connectivity index (χ1v) is 14.5. The molecule has 38 heavy (non-hydrogen) atoms. The summed E-state index contributed by atoms with van der Waals surface area (Å²) in [5.74, 6) is 0.102. The number of nitrogens with one attached hydrogen (secondary N) is 1. The second-order valence-corrected chi connectivity index (χ2v) is 11.2. The quantitative estimate of drug-likeness (QED) is 0.111. The van der Waals surface area contributed by atoms with E-state index in [2.05, 4.69) is 42.6 Å². The third kappa shape index (κ3) is 3.42. The molecular formula is C34H34N2O2. The van der Waals surface area contributed by atoms with Gasteiger partial charge < -0.3 is 10.2 Å². The lowest BCUT2D eigenvalue weighted by Crippen LogP contribution is -2.27. The van der Waals surface area contributed by atoms with Gasteiger partial charge in [-0.15, -0.1) is 0 Å². The maximum Gasteiger partial charge on any atom is 0.258 e. The number of anilines is 2. The molecule has 1 N–H and O–H groups in total. The topological polar surface area (TPSA) is 49.4 Å². The summed E-state index contributed by atoms with van der Waals surface area (Å²) in [4.78, 5) is 28.1. The summed E-state index contributed by atoms with van der Waals surface area (Å²) in [6, 6.07) is 16.6. The fourth-order valence-corrected chi connectivity index (χ4v) is 6.99. The Kier molecular flexibility index (Phi) is 5.72. The second-order valence-electron chi connectivity index (χ2n) is 11.2. The van der Waals surface area contributed by atoms with Gasteiger partial charge in [-0.2, -0.15) is 0 Å². The summed E-state index contributed by atoms with van der Waals surface area (Å²) >= 11 is 0. The van der Waals surface area contributed by atoms with E-state index in [0.29, 0.717) is 0 Å². The van der Waals surface area contributed by atoms with Crippen LogP contribution in [-0.2, 0) is 0 Å². The monoisotopic (exact) mass is 502 g/mol. The van der Waals surface area contributed by atoms with Gasteiger partial charge in [0.25, 0.3) is 11.8 Å². The summed E-state index contributed by atoms with van der Waals surface area (Å²) in [6.45, 7) is 3.04. The molecule has 0 spiro atoms. The number of fused-ring (bicyclic) bond motifs is 2. The molecule has 0 atom stereocenters. The minimum Gasteiger partial charge on any atom is -0.321 e. The van der Waals surface area contributed by atoms with Gasteiger partial charge >= 0.3 is 0 Å². The highest BCUT2D eigenvalue weighted by molar-refractivity contribution is 6.41. The number of carbonyl (C=O) groups excluding carboxylic acids is 2. The first kappa shape index (κ1) is 23.5. The molecule has 0 radical (unpaired) electrons. The van der Waals surface area contributed by atoms with Gasteiger partial charge in [-0.1, -0.05) is 89.0 Å². The predicted molar refractivity (Wildman–Crippen MR) is 159 cm³/mol. The van der Waals surface area contributed by atoms with E-state index in [1.54, 1.807) is 0 Å². The minimum atomic E-state index is -0.0310. The molecule has 0 saturated heterocycles. The average molecular weight is 503 g/mol. The lowest BCUT2D eigenvalue weighted by molar-refractivity contribution is 0.0991. The first-order valence-electron chi connectivity index (χ1n) is 14.5. The van der Waals surface area contributed by atoms with E-state index in [0.717, 1.165) is 73.2 Å². The molecule has 2 aliphatic rings. The number of benzene rings is 5. The van der Waals surface area contributed by atoms with E-state index >= 15 is 0 Å². The third-order valence-electron chi connectivity index (χ3n) is 8.87. The molecule has 4 heteroatoms. The molecule has 5 aromatic rings. The summed E-state index contributed by atoms with van der Waals surface area (Å²) in [6.07, 6.45) is 12.9. The summed E-state index contributed by atoms with van der Waals surface area (Å²) in [5.41, 5.74) is 3.51. The van der Waals surface area contributed by atoms with Crippen molar-refractivity contribution in [3.63, 3.8) is 0 Å². The molecule has 0 bridgehead atoms. The number of amides is 2. The molecule has 2 amide bonds. The van der Waals surface area contributed by atoms with Crippen molar-refractivity contribution in [2.24, 2.45) is 0 Å². The van der Waals surface area contributed by atoms with Gasteiger partial charge in [0.1, 0.15) is 0 Å². The predicted octanol–water partition coefficient (Wildman–Crippen LogP) is 9.18. The zero-order valence-corrected chi connectivity index (χ0v) is 22.2. The van der Waals surface area contributed by atoms with Crippen LogP contribution in [-0.4, -0.2) is 18.4 Å². The molecule has 2 heterocycles. The van der Waals surface area contributed by atoms with E-state index in [1.165, 1.54) is 63.2 Å². The van der Waals surface area contributed by atoms with Crippen LogP contribution in [0.2, 0.25) is 0 Å². The van der Waals surface area contributed by atoms with Gasteiger partial charge in [-0.05, 0) is 52.2 Å². The lowest BCUT2D eigenvalue weighted by atomic mass is 9.87. The Bertz CT molecular complexity index is 1710. The van der Waals surface area contributed by atoms with E-state index in [4.69, 9.17) is 0 Å². The van der Waals surface area contributed by atoms with Crippen molar-refractivity contribution in [2.45, 2.75) is 71.1 Å². The molecular weight excluding hydrogens is 468 g/mol. The molecule has 0 saturated carbocycles. The standard InChI is InChI=1S/C34H34N2O2/c1-2-3-4-5-6-7-8-9-10-11-20-36-28-19-17-24-21-12-14-25-31-27(35-33(25)37)18-16-23(29(21)31)22-13-15-26(34(36)38)32(28)30(22)24/h12-19H,2-11,20H2,1H3,(H,35,37). The third-order valence-corrected chi connectivity index (χ3v) is 8.87. The molecule has 2 aliphatic heterocycles. The van der Waals surface area contributed by atoms with Crippen molar-refractivity contribution >= 4 is 66.3 Å². The van der Waals surface area contributed by atoms with Gasteiger partial charge in [-0.25, -0.2) is 0 Å². The van der Waals surface area contributed by atoms with E-state index in [-0.39, 0.29) is 11.8 Å². The van der Waals surface area contributed by atoms with Crippen LogP contribution in [0.15, 0.2) is 48.5 Å². The maximum atomic E-state index is 13.5. The van der Waals surface area contributed by atoms with Crippen LogP contribution in [0.25, 0.3) is 43.1 Å². The smallest absolute Gasteiger partial charge is 0.258 e. The van der Waals surface area contributed by atoms with Crippen LogP contribution in [0, 0.1) is 0 Å². The van der Waals surface area contributed by atoms with Gasteiger partial charge in [-0.3, -0.25) is 9.59 Å². The number of hydrogen-bond acceptors (Lipinski definition) is 2. The first-order chi connectivity index (χ1) is 18.7. The highest BCUT2D eigenvalue weighted by Gasteiger charge is 2.32. The number of rotatable bonds is 11. The second kappa shape index (κ2) is 9.27. The van der Waals surface area contributed by atoms with Crippen molar-refractivity contribution in [2.75, 3.05) is 16.8 Å². The fraction of sp³-hybridized carbons (Fsp3) is 0.353. The average Bonchev–Trinajstić information content (AvgIpc) is 3.42. The highest BCUT2D eigenvalue weighted by atomic mass is 16.2. The van der Waals surface area contributed by atoms with Crippen molar-refractivity contribution in [1.82, 2.24) is 0 Å². The number of nitrogens with zero attached hydrogens (tertiary/aromatic N) is 1.